The molecule has 0 aliphatic rings. The molecule has 0 heterocycles. The van der Waals surface area contributed by atoms with Gasteiger partial charge in [0.25, 0.3) is 0 Å². The summed E-state index contributed by atoms with van der Waals surface area (Å²) in [6.07, 6.45) is 0. The average molecular weight is 226 g/mol. The van der Waals surface area contributed by atoms with Gasteiger partial charge in [-0.3, -0.25) is 11.3 Å². The minimum Gasteiger partial charge on any atom is -0.271 e. The standard InChI is InChI=1S/C7H7Cl3N2/c8-5-1-4(3-12-11)7(10)6(9)2-5/h1-2,12H,3,11H2. The first kappa shape index (κ1) is 10.1. The minimum absolute atomic E-state index is 0.439. The smallest absolute Gasteiger partial charge is 0.0638 e. The maximum Gasteiger partial charge on any atom is 0.0638 e. The van der Waals surface area contributed by atoms with Crippen molar-refractivity contribution in [2.45, 2.75) is 6.54 Å². The SMILES string of the molecule is NNCc1cc(Cl)cc(Cl)c1Cl. The van der Waals surface area contributed by atoms with Crippen molar-refractivity contribution in [2.75, 3.05) is 0 Å². The third-order valence-electron chi connectivity index (χ3n) is 1.36. The number of halogens is 3. The van der Waals surface area contributed by atoms with Crippen LogP contribution in [0.4, 0.5) is 0 Å². The van der Waals surface area contributed by atoms with E-state index in [0.717, 1.165) is 5.56 Å². The fourth-order valence-electron chi connectivity index (χ4n) is 0.848. The van der Waals surface area contributed by atoms with E-state index < -0.39 is 0 Å². The molecule has 0 saturated heterocycles. The van der Waals surface area contributed by atoms with Gasteiger partial charge in [-0.15, -0.1) is 0 Å². The monoisotopic (exact) mass is 224 g/mol. The molecule has 12 heavy (non-hydrogen) atoms. The number of hydrogen-bond donors (Lipinski definition) is 2. The molecular formula is C7H7Cl3N2. The van der Waals surface area contributed by atoms with Crippen molar-refractivity contribution in [3.8, 4) is 0 Å². The quantitative estimate of drug-likeness (QED) is 0.461. The van der Waals surface area contributed by atoms with Gasteiger partial charge >= 0.3 is 0 Å². The van der Waals surface area contributed by atoms with Gasteiger partial charge in [0.05, 0.1) is 10.0 Å². The predicted octanol–water partition coefficient (Wildman–Crippen LogP) is 2.61. The van der Waals surface area contributed by atoms with Gasteiger partial charge in [-0.05, 0) is 17.7 Å². The highest BCUT2D eigenvalue weighted by molar-refractivity contribution is 6.43. The Bertz CT molecular complexity index is 288. The van der Waals surface area contributed by atoms with E-state index >= 15 is 0 Å². The van der Waals surface area contributed by atoms with Crippen molar-refractivity contribution in [1.29, 1.82) is 0 Å². The third-order valence-corrected chi connectivity index (χ3v) is 2.42. The highest BCUT2D eigenvalue weighted by atomic mass is 35.5. The van der Waals surface area contributed by atoms with Crippen molar-refractivity contribution in [1.82, 2.24) is 5.43 Å². The molecule has 0 aliphatic carbocycles. The Kier molecular flexibility index (Phi) is 3.62. The zero-order valence-electron chi connectivity index (χ0n) is 6.07. The molecule has 0 saturated carbocycles. The first-order valence-corrected chi connectivity index (χ1v) is 4.35. The molecule has 2 nitrogen and oxygen atoms in total. The van der Waals surface area contributed by atoms with Crippen LogP contribution in [0.25, 0.3) is 0 Å². The summed E-state index contributed by atoms with van der Waals surface area (Å²) in [6.45, 7) is 0.444. The Morgan fingerprint density at radius 3 is 2.50 bits per heavy atom. The zero-order chi connectivity index (χ0) is 9.14. The Labute approximate surface area is 85.6 Å². The van der Waals surface area contributed by atoms with Crippen molar-refractivity contribution in [3.63, 3.8) is 0 Å². The lowest BCUT2D eigenvalue weighted by molar-refractivity contribution is 0.741. The summed E-state index contributed by atoms with van der Waals surface area (Å²) in [6, 6.07) is 3.31. The number of hydrogen-bond acceptors (Lipinski definition) is 2. The van der Waals surface area contributed by atoms with E-state index in [9.17, 15) is 0 Å². The lowest BCUT2D eigenvalue weighted by Crippen LogP contribution is -2.21. The average Bonchev–Trinajstić information content (AvgIpc) is 2.00. The lowest BCUT2D eigenvalue weighted by Gasteiger charge is -2.05. The fourth-order valence-corrected chi connectivity index (χ4v) is 1.56. The van der Waals surface area contributed by atoms with Crippen LogP contribution in [0, 0.1) is 0 Å². The molecule has 66 valence electrons. The molecule has 0 spiro atoms. The van der Waals surface area contributed by atoms with Crippen LogP contribution in [0.3, 0.4) is 0 Å². The van der Waals surface area contributed by atoms with Gasteiger partial charge in [0, 0.05) is 11.6 Å². The van der Waals surface area contributed by atoms with Crippen molar-refractivity contribution in [3.05, 3.63) is 32.8 Å². The van der Waals surface area contributed by atoms with E-state index in [4.69, 9.17) is 40.6 Å². The zero-order valence-corrected chi connectivity index (χ0v) is 8.34. The van der Waals surface area contributed by atoms with Crippen LogP contribution in [0.15, 0.2) is 12.1 Å². The first-order valence-electron chi connectivity index (χ1n) is 3.22. The summed E-state index contributed by atoms with van der Waals surface area (Å²) in [5, 5.41) is 1.48. The highest BCUT2D eigenvalue weighted by Crippen LogP contribution is 2.29. The van der Waals surface area contributed by atoms with Crippen LogP contribution < -0.4 is 11.3 Å². The molecule has 1 aromatic rings. The van der Waals surface area contributed by atoms with E-state index in [2.05, 4.69) is 5.43 Å². The van der Waals surface area contributed by atoms with Gasteiger partial charge in [0.2, 0.25) is 0 Å². The Balaban J connectivity index is 3.09. The Morgan fingerprint density at radius 2 is 1.92 bits per heavy atom. The van der Waals surface area contributed by atoms with Gasteiger partial charge in [-0.1, -0.05) is 34.8 Å². The Morgan fingerprint density at radius 1 is 1.25 bits per heavy atom. The van der Waals surface area contributed by atoms with Gasteiger partial charge in [0.1, 0.15) is 0 Å². The number of nitrogens with two attached hydrogens (primary N) is 1. The highest BCUT2D eigenvalue weighted by Gasteiger charge is 2.05. The first-order chi connectivity index (χ1) is 5.65. The molecular weight excluding hydrogens is 218 g/mol. The van der Waals surface area contributed by atoms with Crippen LogP contribution in [-0.2, 0) is 6.54 Å². The van der Waals surface area contributed by atoms with Crippen LogP contribution >= 0.6 is 34.8 Å². The molecule has 0 amide bonds. The van der Waals surface area contributed by atoms with Gasteiger partial charge in [0.15, 0.2) is 0 Å². The van der Waals surface area contributed by atoms with Gasteiger partial charge in [-0.2, -0.15) is 0 Å². The summed E-state index contributed by atoms with van der Waals surface area (Å²) in [5.74, 6) is 5.13. The minimum atomic E-state index is 0.439. The number of rotatable bonds is 2. The molecule has 0 atom stereocenters. The van der Waals surface area contributed by atoms with Crippen LogP contribution in [0.5, 0.6) is 0 Å². The van der Waals surface area contributed by atoms with Crippen LogP contribution in [0.2, 0.25) is 15.1 Å². The molecule has 0 unspecified atom stereocenters. The summed E-state index contributed by atoms with van der Waals surface area (Å²) in [4.78, 5) is 0. The summed E-state index contributed by atoms with van der Waals surface area (Å²) >= 11 is 17.4. The molecule has 3 N–H and O–H groups in total. The molecule has 0 aliphatic heterocycles. The Hall–Kier alpha value is 0.01000. The van der Waals surface area contributed by atoms with Crippen LogP contribution in [0.1, 0.15) is 5.56 Å². The second-order valence-electron chi connectivity index (χ2n) is 2.24. The molecule has 1 rings (SSSR count). The van der Waals surface area contributed by atoms with E-state index in [-0.39, 0.29) is 0 Å². The second-order valence-corrected chi connectivity index (χ2v) is 3.46. The van der Waals surface area contributed by atoms with E-state index in [0.29, 0.717) is 21.6 Å². The molecule has 0 fully saturated rings. The van der Waals surface area contributed by atoms with E-state index in [1.807, 2.05) is 0 Å². The van der Waals surface area contributed by atoms with Gasteiger partial charge in [-0.25, -0.2) is 0 Å². The van der Waals surface area contributed by atoms with Crippen molar-refractivity contribution in [2.24, 2.45) is 5.84 Å². The van der Waals surface area contributed by atoms with Crippen molar-refractivity contribution < 1.29 is 0 Å². The third kappa shape index (κ3) is 2.25. The number of benzene rings is 1. The molecule has 0 aromatic heterocycles. The summed E-state index contributed by atoms with van der Waals surface area (Å²) < 4.78 is 0. The molecule has 1 aromatic carbocycles. The van der Waals surface area contributed by atoms with Gasteiger partial charge < -0.3 is 0 Å². The maximum atomic E-state index is 5.86. The van der Waals surface area contributed by atoms with Crippen LogP contribution in [-0.4, -0.2) is 0 Å². The number of hydrazine groups is 1. The second kappa shape index (κ2) is 4.30. The topological polar surface area (TPSA) is 38.0 Å². The molecule has 5 heteroatoms. The number of nitrogens with one attached hydrogen (secondary N) is 1. The lowest BCUT2D eigenvalue weighted by atomic mass is 10.2. The maximum absolute atomic E-state index is 5.86. The fraction of sp³-hybridized carbons (Fsp3) is 0.143. The molecule has 0 radical (unpaired) electrons. The molecule has 0 bridgehead atoms. The largest absolute Gasteiger partial charge is 0.271 e. The summed E-state index contributed by atoms with van der Waals surface area (Å²) in [7, 11) is 0. The van der Waals surface area contributed by atoms with Crippen molar-refractivity contribution >= 4 is 34.8 Å². The summed E-state index contributed by atoms with van der Waals surface area (Å²) in [5.41, 5.74) is 3.27. The predicted molar refractivity (Wildman–Crippen MR) is 52.5 cm³/mol. The van der Waals surface area contributed by atoms with E-state index in [1.165, 1.54) is 0 Å². The normalized spacial score (nSPS) is 10.3. The van der Waals surface area contributed by atoms with E-state index in [1.54, 1.807) is 12.1 Å².